The van der Waals surface area contributed by atoms with Gasteiger partial charge in [0.2, 0.25) is 0 Å². The zero-order valence-electron chi connectivity index (χ0n) is 24.5. The zero-order chi connectivity index (χ0) is 32.8. The van der Waals surface area contributed by atoms with Crippen LogP contribution >= 0.6 is 23.2 Å². The van der Waals surface area contributed by atoms with Crippen LogP contribution in [0.15, 0.2) is 60.9 Å². The number of halogens is 5. The molecule has 0 radical (unpaired) electrons. The van der Waals surface area contributed by atoms with E-state index in [1.807, 2.05) is 12.1 Å². The van der Waals surface area contributed by atoms with E-state index in [1.165, 1.54) is 23.5 Å². The Morgan fingerprint density at radius 3 is 2.29 bits per heavy atom. The second kappa shape index (κ2) is 14.6. The van der Waals surface area contributed by atoms with Gasteiger partial charge in [-0.2, -0.15) is 13.2 Å². The number of likely N-dealkylation sites (tertiary alicyclic amines) is 1. The maximum absolute atomic E-state index is 12.9. The van der Waals surface area contributed by atoms with Gasteiger partial charge in [0.1, 0.15) is 0 Å². The summed E-state index contributed by atoms with van der Waals surface area (Å²) in [6, 6.07) is 16.8. The number of fused-ring (bicyclic) bond motifs is 1. The van der Waals surface area contributed by atoms with Crippen molar-refractivity contribution in [3.05, 3.63) is 82.1 Å². The number of nitrogens with zero attached hydrogens (tertiary/aromatic N) is 2. The van der Waals surface area contributed by atoms with Gasteiger partial charge in [-0.05, 0) is 55.5 Å². The predicted molar refractivity (Wildman–Crippen MR) is 164 cm³/mol. The van der Waals surface area contributed by atoms with E-state index in [2.05, 4.69) is 56.9 Å². The van der Waals surface area contributed by atoms with Crippen molar-refractivity contribution < 1.29 is 37.3 Å². The van der Waals surface area contributed by atoms with Crippen molar-refractivity contribution >= 4 is 40.9 Å². The highest BCUT2D eigenvalue weighted by Gasteiger charge is 2.51. The molecule has 0 bridgehead atoms. The third-order valence-corrected chi connectivity index (χ3v) is 8.80. The molecule has 9 nitrogen and oxygen atoms in total. The molecule has 2 aliphatic rings. The van der Waals surface area contributed by atoms with Crippen LogP contribution in [0.3, 0.4) is 0 Å². The molecule has 2 amide bonds. The number of nitrogens with one attached hydrogen (secondary N) is 2. The number of methoxy groups -OCH3 is 2. The average molecular weight is 670 g/mol. The number of urea groups is 1. The second-order valence-electron chi connectivity index (χ2n) is 10.8. The number of aliphatic carboxylic acids is 1. The number of carboxylic acid groups (broad SMARTS) is 1. The number of hydrogen-bond acceptors (Lipinski definition) is 6. The lowest BCUT2D eigenvalue weighted by atomic mass is 9.65. The van der Waals surface area contributed by atoms with Gasteiger partial charge < -0.3 is 25.2 Å². The Kier molecular flexibility index (Phi) is 11.1. The van der Waals surface area contributed by atoms with Crippen LogP contribution in [0, 0.1) is 0 Å². The Bertz CT molecular complexity index is 1480. The summed E-state index contributed by atoms with van der Waals surface area (Å²) in [5, 5.41) is 13.7. The second-order valence-corrected chi connectivity index (χ2v) is 11.6. The van der Waals surface area contributed by atoms with E-state index in [1.54, 1.807) is 14.2 Å². The lowest BCUT2D eigenvalue weighted by Gasteiger charge is -2.45. The fourth-order valence-corrected chi connectivity index (χ4v) is 6.59. The molecule has 14 heteroatoms. The van der Waals surface area contributed by atoms with Crippen molar-refractivity contribution in [1.29, 1.82) is 0 Å². The average Bonchev–Trinajstić information content (AvgIpc) is 3.37. The number of anilines is 1. The molecule has 0 spiro atoms. The molecule has 1 aliphatic carbocycles. The first-order valence-electron chi connectivity index (χ1n) is 14.0. The molecule has 3 atom stereocenters. The smallest absolute Gasteiger partial charge is 0.490 e. The van der Waals surface area contributed by atoms with E-state index in [-0.39, 0.29) is 23.5 Å². The molecule has 3 unspecified atom stereocenters. The van der Waals surface area contributed by atoms with Crippen LogP contribution < -0.4 is 20.1 Å². The van der Waals surface area contributed by atoms with Crippen molar-refractivity contribution in [3.63, 3.8) is 0 Å². The minimum atomic E-state index is -5.08. The topological polar surface area (TPSA) is 113 Å². The molecule has 1 aromatic heterocycles. The molecule has 242 valence electrons. The molecule has 1 saturated heterocycles. The van der Waals surface area contributed by atoms with Crippen LogP contribution in [0.1, 0.15) is 36.8 Å². The largest absolute Gasteiger partial charge is 0.493 e. The summed E-state index contributed by atoms with van der Waals surface area (Å²) in [5.41, 5.74) is 2.86. The number of aromatic nitrogens is 1. The summed E-state index contributed by atoms with van der Waals surface area (Å²) in [6.07, 6.45) is 1.51. The molecular weight excluding hydrogens is 636 g/mol. The minimum Gasteiger partial charge on any atom is -0.493 e. The van der Waals surface area contributed by atoms with Crippen molar-refractivity contribution in [2.45, 2.75) is 55.9 Å². The standard InChI is InChI=1S/C29H32Cl2N4O3.C2HF3O2/c1-37-24-9-8-20(14-25(24)38-2)29-11-10-21(33-28(36)34-27-22(30)16-32-17-23(27)31)15-26(29)35(13-12-29)18-19-6-4-3-5-7-19;3-2(4,5)1(6)7/h3-9,14,16-17,21,26H,10-13,15,18H2,1-2H3,(H2,32,33,34,36);(H,6,7). The molecular formula is C31H33Cl2F3N4O5. The van der Waals surface area contributed by atoms with E-state index < -0.39 is 12.1 Å². The summed E-state index contributed by atoms with van der Waals surface area (Å²) in [6.45, 7) is 1.84. The lowest BCUT2D eigenvalue weighted by Crippen LogP contribution is -2.52. The molecule has 2 heterocycles. The number of carbonyl (C=O) groups excluding carboxylic acids is 1. The van der Waals surface area contributed by atoms with Crippen molar-refractivity contribution in [1.82, 2.24) is 15.2 Å². The van der Waals surface area contributed by atoms with Crippen LogP contribution in [0.4, 0.5) is 23.7 Å². The van der Waals surface area contributed by atoms with Crippen molar-refractivity contribution in [2.24, 2.45) is 0 Å². The van der Waals surface area contributed by atoms with Gasteiger partial charge in [0.05, 0.1) is 30.0 Å². The maximum Gasteiger partial charge on any atom is 0.490 e. The summed E-state index contributed by atoms with van der Waals surface area (Å²) < 4.78 is 42.9. The first kappa shape index (κ1) is 34.1. The van der Waals surface area contributed by atoms with Gasteiger partial charge in [0.15, 0.2) is 11.5 Å². The number of pyridine rings is 1. The highest BCUT2D eigenvalue weighted by molar-refractivity contribution is 6.39. The van der Waals surface area contributed by atoms with E-state index in [4.69, 9.17) is 42.6 Å². The highest BCUT2D eigenvalue weighted by atomic mass is 35.5. The summed E-state index contributed by atoms with van der Waals surface area (Å²) >= 11 is 12.4. The summed E-state index contributed by atoms with van der Waals surface area (Å²) in [7, 11) is 3.33. The van der Waals surface area contributed by atoms with E-state index in [0.717, 1.165) is 50.3 Å². The molecule has 2 aromatic carbocycles. The summed E-state index contributed by atoms with van der Waals surface area (Å²) in [5.74, 6) is -1.29. The number of rotatable bonds is 7. The molecule has 1 aliphatic heterocycles. The number of alkyl halides is 3. The zero-order valence-corrected chi connectivity index (χ0v) is 26.0. The first-order valence-corrected chi connectivity index (χ1v) is 14.8. The quantitative estimate of drug-likeness (QED) is 0.250. The van der Waals surface area contributed by atoms with Crippen molar-refractivity contribution in [2.75, 3.05) is 26.1 Å². The first-order chi connectivity index (χ1) is 21.4. The number of carboxylic acids is 1. The van der Waals surface area contributed by atoms with Gasteiger partial charge >= 0.3 is 18.2 Å². The fourth-order valence-electron chi connectivity index (χ4n) is 6.13. The Balaban J connectivity index is 0.000000591. The number of amides is 2. The third kappa shape index (κ3) is 8.11. The van der Waals surface area contributed by atoms with Gasteiger partial charge in [-0.15, -0.1) is 0 Å². The Morgan fingerprint density at radius 2 is 1.69 bits per heavy atom. The fraction of sp³-hybridized carbons (Fsp3) is 0.387. The maximum atomic E-state index is 12.9. The number of hydrogen-bond donors (Lipinski definition) is 3. The Labute approximate surface area is 268 Å². The molecule has 3 N–H and O–H groups in total. The summed E-state index contributed by atoms with van der Waals surface area (Å²) in [4.78, 5) is 28.4. The van der Waals surface area contributed by atoms with Gasteiger partial charge in [0.25, 0.3) is 0 Å². The van der Waals surface area contributed by atoms with Crippen LogP contribution in [0.5, 0.6) is 11.5 Å². The monoisotopic (exact) mass is 668 g/mol. The number of ether oxygens (including phenoxy) is 2. The van der Waals surface area contributed by atoms with Crippen LogP contribution in [0.2, 0.25) is 10.0 Å². The lowest BCUT2D eigenvalue weighted by molar-refractivity contribution is -0.192. The van der Waals surface area contributed by atoms with Crippen LogP contribution in [-0.4, -0.2) is 66.0 Å². The van der Waals surface area contributed by atoms with E-state index >= 15 is 0 Å². The molecule has 1 saturated carbocycles. The molecule has 5 rings (SSSR count). The number of benzene rings is 2. The van der Waals surface area contributed by atoms with E-state index in [0.29, 0.717) is 15.7 Å². The van der Waals surface area contributed by atoms with Crippen molar-refractivity contribution in [3.8, 4) is 11.5 Å². The SMILES string of the molecule is COc1ccc(C23CCC(NC(=O)Nc4c(Cl)cncc4Cl)CC2N(Cc2ccccc2)CC3)cc1OC.O=C(O)C(F)(F)F. The van der Waals surface area contributed by atoms with Crippen LogP contribution in [0.25, 0.3) is 0 Å². The highest BCUT2D eigenvalue weighted by Crippen LogP contribution is 2.50. The molecule has 2 fully saturated rings. The van der Waals surface area contributed by atoms with Gasteiger partial charge in [0, 0.05) is 36.4 Å². The molecule has 45 heavy (non-hydrogen) atoms. The van der Waals surface area contributed by atoms with E-state index in [9.17, 15) is 18.0 Å². The normalized spacial score (nSPS) is 21.1. The predicted octanol–water partition coefficient (Wildman–Crippen LogP) is 6.93. The Hall–Kier alpha value is -3.74. The molecule has 3 aromatic rings. The van der Waals surface area contributed by atoms with Crippen LogP contribution in [-0.2, 0) is 16.8 Å². The third-order valence-electron chi connectivity index (χ3n) is 8.23. The van der Waals surface area contributed by atoms with Gasteiger partial charge in [-0.25, -0.2) is 9.59 Å². The van der Waals surface area contributed by atoms with Gasteiger partial charge in [-0.1, -0.05) is 59.6 Å². The Morgan fingerprint density at radius 1 is 1.04 bits per heavy atom. The minimum absolute atomic E-state index is 0.00373. The van der Waals surface area contributed by atoms with Gasteiger partial charge in [-0.3, -0.25) is 9.88 Å². The number of carbonyl (C=O) groups is 2.